The molecule has 0 aromatic heterocycles. The van der Waals surface area contributed by atoms with E-state index < -0.39 is 0 Å². The number of amides is 2. The predicted octanol–water partition coefficient (Wildman–Crippen LogP) is 3.15. The number of benzene rings is 1. The lowest BCUT2D eigenvalue weighted by atomic mass is 10.1. The van der Waals surface area contributed by atoms with Gasteiger partial charge in [0.25, 0.3) is 0 Å². The summed E-state index contributed by atoms with van der Waals surface area (Å²) in [6.45, 7) is 2.66. The first kappa shape index (κ1) is 19.6. The van der Waals surface area contributed by atoms with Gasteiger partial charge in [-0.15, -0.1) is 11.8 Å². The van der Waals surface area contributed by atoms with Gasteiger partial charge in [-0.2, -0.15) is 0 Å². The second-order valence-electron chi connectivity index (χ2n) is 8.11. The lowest BCUT2D eigenvalue weighted by Crippen LogP contribution is -2.51. The van der Waals surface area contributed by atoms with Gasteiger partial charge in [0.2, 0.25) is 11.8 Å². The highest BCUT2D eigenvalue weighted by Crippen LogP contribution is 2.51. The molecule has 0 bridgehead atoms. The Kier molecular flexibility index (Phi) is 6.14. The zero-order valence-electron chi connectivity index (χ0n) is 16.6. The van der Waals surface area contributed by atoms with E-state index in [4.69, 9.17) is 4.74 Å². The molecule has 2 aliphatic carbocycles. The van der Waals surface area contributed by atoms with Crippen LogP contribution in [0.5, 0.6) is 5.75 Å². The Bertz CT molecular complexity index is 711. The molecule has 28 heavy (non-hydrogen) atoms. The Balaban J connectivity index is 1.24. The summed E-state index contributed by atoms with van der Waals surface area (Å²) in [5.74, 6) is 2.28. The molecule has 5 nitrogen and oxygen atoms in total. The van der Waals surface area contributed by atoms with Crippen LogP contribution in [-0.4, -0.2) is 65.9 Å². The van der Waals surface area contributed by atoms with Gasteiger partial charge in [0.15, 0.2) is 0 Å². The maximum Gasteiger partial charge on any atom is 0.232 e. The minimum absolute atomic E-state index is 0.0662. The third-order valence-corrected chi connectivity index (χ3v) is 7.69. The molecule has 3 aliphatic rings. The molecule has 2 saturated carbocycles. The SMILES string of the molecule is COc1ccccc1[C@H]1C[C@@H]1C(=O)N1CCN(C(=O)CSC2CCCC2)CC1. The summed E-state index contributed by atoms with van der Waals surface area (Å²) in [6.07, 6.45) is 6.04. The van der Waals surface area contributed by atoms with Gasteiger partial charge in [0.05, 0.1) is 12.9 Å². The number of hydrogen-bond donors (Lipinski definition) is 0. The van der Waals surface area contributed by atoms with E-state index >= 15 is 0 Å². The van der Waals surface area contributed by atoms with Gasteiger partial charge in [-0.05, 0) is 36.8 Å². The number of piperazine rings is 1. The zero-order valence-corrected chi connectivity index (χ0v) is 17.5. The number of carbonyl (C=O) groups is 2. The monoisotopic (exact) mass is 402 g/mol. The number of para-hydroxylation sites is 1. The molecule has 0 spiro atoms. The van der Waals surface area contributed by atoms with E-state index in [1.165, 1.54) is 25.7 Å². The van der Waals surface area contributed by atoms with Crippen LogP contribution in [0.15, 0.2) is 24.3 Å². The lowest BCUT2D eigenvalue weighted by molar-refractivity contribution is -0.139. The van der Waals surface area contributed by atoms with E-state index in [1.807, 2.05) is 39.8 Å². The van der Waals surface area contributed by atoms with Crippen molar-refractivity contribution in [3.63, 3.8) is 0 Å². The van der Waals surface area contributed by atoms with Gasteiger partial charge >= 0.3 is 0 Å². The van der Waals surface area contributed by atoms with E-state index in [1.54, 1.807) is 7.11 Å². The Labute approximate surface area is 171 Å². The number of methoxy groups -OCH3 is 1. The molecule has 1 heterocycles. The summed E-state index contributed by atoms with van der Waals surface area (Å²) in [7, 11) is 1.68. The molecule has 152 valence electrons. The fourth-order valence-corrected chi connectivity index (χ4v) is 5.76. The molecule has 0 unspecified atom stereocenters. The van der Waals surface area contributed by atoms with Gasteiger partial charge < -0.3 is 14.5 Å². The van der Waals surface area contributed by atoms with Crippen LogP contribution in [0.2, 0.25) is 0 Å². The normalized spacial score (nSPS) is 25.0. The molecular formula is C22H30N2O3S. The van der Waals surface area contributed by atoms with Crippen LogP contribution in [0.1, 0.15) is 43.6 Å². The first-order chi connectivity index (χ1) is 13.7. The smallest absolute Gasteiger partial charge is 0.232 e. The predicted molar refractivity (Wildman–Crippen MR) is 112 cm³/mol. The highest BCUT2D eigenvalue weighted by molar-refractivity contribution is 8.00. The fourth-order valence-electron chi connectivity index (χ4n) is 4.53. The van der Waals surface area contributed by atoms with Crippen molar-refractivity contribution in [3.05, 3.63) is 29.8 Å². The van der Waals surface area contributed by atoms with Crippen molar-refractivity contribution < 1.29 is 14.3 Å². The summed E-state index contributed by atoms with van der Waals surface area (Å²) in [5.41, 5.74) is 1.14. The van der Waals surface area contributed by atoms with Crippen molar-refractivity contribution in [2.24, 2.45) is 5.92 Å². The minimum Gasteiger partial charge on any atom is -0.496 e. The summed E-state index contributed by atoms with van der Waals surface area (Å²) >= 11 is 1.83. The molecule has 3 fully saturated rings. The maximum absolute atomic E-state index is 12.9. The van der Waals surface area contributed by atoms with Crippen molar-refractivity contribution in [2.75, 3.05) is 39.0 Å². The van der Waals surface area contributed by atoms with E-state index in [0.717, 1.165) is 17.7 Å². The van der Waals surface area contributed by atoms with Crippen LogP contribution in [0, 0.1) is 5.92 Å². The Morgan fingerprint density at radius 2 is 1.75 bits per heavy atom. The lowest BCUT2D eigenvalue weighted by Gasteiger charge is -2.35. The van der Waals surface area contributed by atoms with Gasteiger partial charge in [-0.3, -0.25) is 9.59 Å². The molecule has 6 heteroatoms. The number of nitrogens with zero attached hydrogens (tertiary/aromatic N) is 2. The van der Waals surface area contributed by atoms with Crippen molar-refractivity contribution in [3.8, 4) is 5.75 Å². The number of ether oxygens (including phenoxy) is 1. The van der Waals surface area contributed by atoms with Crippen molar-refractivity contribution in [1.82, 2.24) is 9.80 Å². The van der Waals surface area contributed by atoms with Crippen molar-refractivity contribution >= 4 is 23.6 Å². The van der Waals surface area contributed by atoms with E-state index in [9.17, 15) is 9.59 Å². The first-order valence-corrected chi connectivity index (χ1v) is 11.5. The largest absolute Gasteiger partial charge is 0.496 e. The summed E-state index contributed by atoms with van der Waals surface area (Å²) in [4.78, 5) is 29.3. The van der Waals surface area contributed by atoms with Crippen LogP contribution in [0.3, 0.4) is 0 Å². The van der Waals surface area contributed by atoms with E-state index in [-0.39, 0.29) is 23.7 Å². The third-order valence-electron chi connectivity index (χ3n) is 6.33. The number of thioether (sulfide) groups is 1. The van der Waals surface area contributed by atoms with E-state index in [2.05, 4.69) is 6.07 Å². The van der Waals surface area contributed by atoms with Crippen LogP contribution >= 0.6 is 11.8 Å². The zero-order chi connectivity index (χ0) is 19.5. The number of rotatable bonds is 6. The summed E-state index contributed by atoms with van der Waals surface area (Å²) in [5, 5.41) is 0.675. The average molecular weight is 403 g/mol. The molecule has 2 atom stereocenters. The van der Waals surface area contributed by atoms with Crippen molar-refractivity contribution in [1.29, 1.82) is 0 Å². The highest BCUT2D eigenvalue weighted by Gasteiger charge is 2.47. The average Bonchev–Trinajstić information content (AvgIpc) is 3.37. The third kappa shape index (κ3) is 4.32. The second kappa shape index (κ2) is 8.76. The van der Waals surface area contributed by atoms with Crippen LogP contribution in [0.25, 0.3) is 0 Å². The highest BCUT2D eigenvalue weighted by atomic mass is 32.2. The van der Waals surface area contributed by atoms with Gasteiger partial charge in [-0.1, -0.05) is 31.0 Å². The molecule has 0 N–H and O–H groups in total. The molecular weight excluding hydrogens is 372 g/mol. The second-order valence-corrected chi connectivity index (χ2v) is 9.40. The van der Waals surface area contributed by atoms with Gasteiger partial charge in [-0.25, -0.2) is 0 Å². The van der Waals surface area contributed by atoms with Crippen LogP contribution < -0.4 is 4.74 Å². The number of hydrogen-bond acceptors (Lipinski definition) is 4. The molecule has 0 radical (unpaired) electrons. The minimum atomic E-state index is 0.0662. The molecule has 1 saturated heterocycles. The fraction of sp³-hybridized carbons (Fsp3) is 0.636. The topological polar surface area (TPSA) is 49.9 Å². The van der Waals surface area contributed by atoms with Crippen LogP contribution in [0.4, 0.5) is 0 Å². The summed E-state index contributed by atoms with van der Waals surface area (Å²) in [6, 6.07) is 7.99. The standard InChI is InChI=1S/C22H30N2O3S/c1-27-20-9-5-4-8-17(20)18-14-19(18)22(26)24-12-10-23(11-13-24)21(25)15-28-16-6-2-3-7-16/h4-5,8-9,16,18-19H,2-3,6-7,10-15H2,1H3/t18-,19+/m1/s1. The Hall–Kier alpha value is -1.69. The number of carbonyl (C=O) groups excluding carboxylic acids is 2. The molecule has 2 amide bonds. The van der Waals surface area contributed by atoms with Crippen LogP contribution in [-0.2, 0) is 9.59 Å². The molecule has 4 rings (SSSR count). The van der Waals surface area contributed by atoms with E-state index in [0.29, 0.717) is 37.2 Å². The Morgan fingerprint density at radius 1 is 1.07 bits per heavy atom. The quantitative estimate of drug-likeness (QED) is 0.734. The molecule has 1 aliphatic heterocycles. The van der Waals surface area contributed by atoms with Crippen molar-refractivity contribution in [2.45, 2.75) is 43.3 Å². The molecule has 1 aromatic carbocycles. The van der Waals surface area contributed by atoms with Gasteiger partial charge in [0, 0.05) is 37.3 Å². The maximum atomic E-state index is 12.9. The molecule has 1 aromatic rings. The summed E-state index contributed by atoms with van der Waals surface area (Å²) < 4.78 is 5.45. The van der Waals surface area contributed by atoms with Gasteiger partial charge in [0.1, 0.15) is 5.75 Å². The Morgan fingerprint density at radius 3 is 2.46 bits per heavy atom. The first-order valence-electron chi connectivity index (χ1n) is 10.5.